The van der Waals surface area contributed by atoms with Crippen LogP contribution in [0.2, 0.25) is 0 Å². The minimum absolute atomic E-state index is 0.000786. The Bertz CT molecular complexity index is 906. The van der Waals surface area contributed by atoms with Gasteiger partial charge in [0.15, 0.2) is 9.84 Å². The molecule has 0 bridgehead atoms. The fraction of sp³-hybridized carbons (Fsp3) is 0.412. The summed E-state index contributed by atoms with van der Waals surface area (Å²) >= 11 is 6.57. The van der Waals surface area contributed by atoms with Gasteiger partial charge in [0, 0.05) is 6.42 Å². The predicted molar refractivity (Wildman–Crippen MR) is 102 cm³/mol. The third-order valence-electron chi connectivity index (χ3n) is 4.61. The molecule has 2 atom stereocenters. The molecule has 1 aromatic rings. The molecular weight excluding hydrogens is 378 g/mol. The van der Waals surface area contributed by atoms with E-state index < -0.39 is 9.84 Å². The fourth-order valence-electron chi connectivity index (χ4n) is 3.46. The fourth-order valence-corrected chi connectivity index (χ4v) is 6.56. The lowest BCUT2D eigenvalue weighted by Gasteiger charge is -2.20. The minimum atomic E-state index is -3.06. The third-order valence-corrected chi connectivity index (χ3v) is 7.70. The summed E-state index contributed by atoms with van der Waals surface area (Å²) in [5, 5.41) is 0. The highest BCUT2D eigenvalue weighted by atomic mass is 32.2. The summed E-state index contributed by atoms with van der Waals surface area (Å²) < 4.78 is 29.5. The zero-order valence-corrected chi connectivity index (χ0v) is 16.0. The molecule has 4 rings (SSSR count). The van der Waals surface area contributed by atoms with Crippen LogP contribution in [0.4, 0.5) is 0 Å². The van der Waals surface area contributed by atoms with E-state index in [4.69, 9.17) is 17.0 Å². The van der Waals surface area contributed by atoms with E-state index >= 15 is 0 Å². The quantitative estimate of drug-likeness (QED) is 0.566. The summed E-state index contributed by atoms with van der Waals surface area (Å²) in [5.74, 6) is 0.827. The van der Waals surface area contributed by atoms with E-state index in [0.29, 0.717) is 15.6 Å². The van der Waals surface area contributed by atoms with Crippen molar-refractivity contribution in [2.24, 2.45) is 0 Å². The molecule has 0 radical (unpaired) electrons. The predicted octanol–water partition coefficient (Wildman–Crippen LogP) is 2.40. The van der Waals surface area contributed by atoms with E-state index in [9.17, 15) is 13.2 Å². The second-order valence-electron chi connectivity index (χ2n) is 6.61. The maximum atomic E-state index is 12.7. The molecule has 0 spiro atoms. The maximum absolute atomic E-state index is 12.7. The normalized spacial score (nSPS) is 29.3. The van der Waals surface area contributed by atoms with Gasteiger partial charge in [0.2, 0.25) is 0 Å². The van der Waals surface area contributed by atoms with Crippen LogP contribution >= 0.6 is 24.0 Å². The second kappa shape index (κ2) is 6.10. The second-order valence-corrected chi connectivity index (χ2v) is 10.5. The van der Waals surface area contributed by atoms with Crippen LogP contribution in [0.15, 0.2) is 23.1 Å². The van der Waals surface area contributed by atoms with Gasteiger partial charge in [-0.25, -0.2) is 8.42 Å². The van der Waals surface area contributed by atoms with Crippen LogP contribution < -0.4 is 4.74 Å². The number of hydrogen-bond acceptors (Lipinski definition) is 6. The van der Waals surface area contributed by atoms with Crippen LogP contribution in [0.5, 0.6) is 5.75 Å². The van der Waals surface area contributed by atoms with E-state index in [2.05, 4.69) is 0 Å². The third kappa shape index (κ3) is 3.22. The first-order chi connectivity index (χ1) is 11.8. The molecule has 3 aliphatic heterocycles. The number of sulfone groups is 1. The van der Waals surface area contributed by atoms with E-state index in [1.54, 1.807) is 0 Å². The average molecular weight is 396 g/mol. The molecule has 132 valence electrons. The highest BCUT2D eigenvalue weighted by molar-refractivity contribution is 8.26. The van der Waals surface area contributed by atoms with Gasteiger partial charge in [-0.15, -0.1) is 0 Å². The van der Waals surface area contributed by atoms with Gasteiger partial charge in [0.1, 0.15) is 16.2 Å². The van der Waals surface area contributed by atoms with Gasteiger partial charge in [0.25, 0.3) is 5.91 Å². The molecule has 8 heteroatoms. The first-order valence-electron chi connectivity index (χ1n) is 8.09. The number of carbonyl (C=O) groups is 1. The van der Waals surface area contributed by atoms with Gasteiger partial charge in [-0.3, -0.25) is 9.69 Å². The molecule has 3 aliphatic rings. The molecule has 0 N–H and O–H groups in total. The van der Waals surface area contributed by atoms with Crippen molar-refractivity contribution >= 4 is 50.1 Å². The molecule has 1 amide bonds. The van der Waals surface area contributed by atoms with Gasteiger partial charge < -0.3 is 4.74 Å². The molecule has 25 heavy (non-hydrogen) atoms. The molecule has 0 aromatic heterocycles. The molecule has 1 aromatic carbocycles. The first-order valence-corrected chi connectivity index (χ1v) is 11.1. The van der Waals surface area contributed by atoms with Gasteiger partial charge in [-0.1, -0.05) is 30.0 Å². The number of thiocarbonyl (C=S) groups is 1. The largest absolute Gasteiger partial charge is 0.490 e. The molecule has 2 saturated heterocycles. The summed E-state index contributed by atoms with van der Waals surface area (Å²) in [7, 11) is -3.06. The first kappa shape index (κ1) is 17.1. The number of nitrogens with zero attached hydrogens (tertiary/aromatic N) is 1. The zero-order valence-electron chi connectivity index (χ0n) is 13.6. The van der Waals surface area contributed by atoms with Crippen molar-refractivity contribution in [3.63, 3.8) is 0 Å². The number of fused-ring (bicyclic) bond motifs is 1. The Morgan fingerprint density at radius 2 is 2.20 bits per heavy atom. The Hall–Kier alpha value is -1.38. The SMILES string of the molecule is C[C@H]1Cc2cc(/C=C3\SC(=S)N([C@H]4CCS(=O)(=O)C4)C3=O)ccc2O1. The van der Waals surface area contributed by atoms with Gasteiger partial charge in [0.05, 0.1) is 22.5 Å². The topological polar surface area (TPSA) is 63.7 Å². The summed E-state index contributed by atoms with van der Waals surface area (Å²) in [6.45, 7) is 2.03. The number of hydrogen-bond donors (Lipinski definition) is 0. The van der Waals surface area contributed by atoms with E-state index in [1.165, 1.54) is 16.7 Å². The summed E-state index contributed by atoms with van der Waals surface area (Å²) in [4.78, 5) is 14.8. The lowest BCUT2D eigenvalue weighted by atomic mass is 10.1. The van der Waals surface area contributed by atoms with Gasteiger partial charge in [-0.05, 0) is 42.7 Å². The van der Waals surface area contributed by atoms with Crippen LogP contribution in [0, 0.1) is 0 Å². The summed E-state index contributed by atoms with van der Waals surface area (Å²) in [5.41, 5.74) is 2.06. The van der Waals surface area contributed by atoms with Crippen LogP contribution in [0.25, 0.3) is 6.08 Å². The van der Waals surface area contributed by atoms with Crippen LogP contribution in [0.3, 0.4) is 0 Å². The van der Waals surface area contributed by atoms with E-state index in [1.807, 2.05) is 31.2 Å². The summed E-state index contributed by atoms with van der Waals surface area (Å²) in [6.07, 6.45) is 3.31. The number of thioether (sulfide) groups is 1. The Morgan fingerprint density at radius 3 is 2.92 bits per heavy atom. The van der Waals surface area contributed by atoms with Crippen molar-refractivity contribution in [3.05, 3.63) is 34.2 Å². The molecule has 0 unspecified atom stereocenters. The summed E-state index contributed by atoms with van der Waals surface area (Å²) in [6, 6.07) is 5.54. The van der Waals surface area contributed by atoms with E-state index in [-0.39, 0.29) is 29.6 Å². The molecule has 3 heterocycles. The number of ether oxygens (including phenoxy) is 1. The minimum Gasteiger partial charge on any atom is -0.490 e. The van der Waals surface area contributed by atoms with Crippen LogP contribution in [-0.4, -0.2) is 47.2 Å². The molecule has 2 fully saturated rings. The van der Waals surface area contributed by atoms with Crippen LogP contribution in [-0.2, 0) is 21.1 Å². The monoisotopic (exact) mass is 395 g/mol. The molecule has 0 saturated carbocycles. The van der Waals surface area contributed by atoms with Crippen LogP contribution in [0.1, 0.15) is 24.5 Å². The Morgan fingerprint density at radius 1 is 1.40 bits per heavy atom. The zero-order chi connectivity index (χ0) is 17.8. The van der Waals surface area contributed by atoms with Crippen molar-refractivity contribution < 1.29 is 17.9 Å². The van der Waals surface area contributed by atoms with Gasteiger partial charge >= 0.3 is 0 Å². The van der Waals surface area contributed by atoms with E-state index in [0.717, 1.165) is 23.3 Å². The van der Waals surface area contributed by atoms with Crippen molar-refractivity contribution in [1.82, 2.24) is 4.90 Å². The number of benzene rings is 1. The lowest BCUT2D eigenvalue weighted by molar-refractivity contribution is -0.123. The Balaban J connectivity index is 1.58. The lowest BCUT2D eigenvalue weighted by Crippen LogP contribution is -2.39. The van der Waals surface area contributed by atoms with Crippen molar-refractivity contribution in [2.75, 3.05) is 11.5 Å². The standard InChI is InChI=1S/C17H17NO4S3/c1-10-6-12-7-11(2-3-14(12)22-10)8-15-16(19)18(17(23)24-15)13-4-5-25(20,21)9-13/h2-3,7-8,10,13H,4-6,9H2,1H3/b15-8-/t10-,13-/m0/s1. The number of rotatable bonds is 2. The highest BCUT2D eigenvalue weighted by Gasteiger charge is 2.42. The Kier molecular flexibility index (Phi) is 4.16. The maximum Gasteiger partial charge on any atom is 0.266 e. The highest BCUT2D eigenvalue weighted by Crippen LogP contribution is 2.37. The average Bonchev–Trinajstić information content (AvgIpc) is 3.15. The number of amides is 1. The van der Waals surface area contributed by atoms with Gasteiger partial charge in [-0.2, -0.15) is 0 Å². The number of carbonyl (C=O) groups excluding carboxylic acids is 1. The van der Waals surface area contributed by atoms with Crippen molar-refractivity contribution in [1.29, 1.82) is 0 Å². The smallest absolute Gasteiger partial charge is 0.266 e. The van der Waals surface area contributed by atoms with Crippen molar-refractivity contribution in [3.8, 4) is 5.75 Å². The molecular formula is C17H17NO4S3. The van der Waals surface area contributed by atoms with Crippen molar-refractivity contribution in [2.45, 2.75) is 31.9 Å². The molecule has 0 aliphatic carbocycles. The Labute approximate surface area is 156 Å². The molecule has 5 nitrogen and oxygen atoms in total.